The number of benzene rings is 7. The van der Waals surface area contributed by atoms with Crippen LogP contribution in [0.5, 0.6) is 23.0 Å². The Balaban J connectivity index is 1.18. The van der Waals surface area contributed by atoms with Crippen molar-refractivity contribution in [2.75, 3.05) is 9.80 Å². The lowest BCUT2D eigenvalue weighted by Crippen LogP contribution is -2.10. The second-order valence-corrected chi connectivity index (χ2v) is 12.5. The molecule has 0 N–H and O–H groups in total. The molecule has 0 atom stereocenters. The van der Waals surface area contributed by atoms with Crippen LogP contribution in [0.1, 0.15) is 0 Å². The molecular formula is C42H28N2O2S. The molecule has 0 saturated carbocycles. The highest BCUT2D eigenvalue weighted by atomic mass is 32.1. The zero-order valence-electron chi connectivity index (χ0n) is 25.3. The normalized spacial score (nSPS) is 11.7. The predicted molar refractivity (Wildman–Crippen MR) is 195 cm³/mol. The molecule has 0 bridgehead atoms. The summed E-state index contributed by atoms with van der Waals surface area (Å²) >= 11 is 1.82. The molecule has 224 valence electrons. The summed E-state index contributed by atoms with van der Waals surface area (Å²) in [5.74, 6) is 2.83. The van der Waals surface area contributed by atoms with Crippen molar-refractivity contribution >= 4 is 65.6 Å². The monoisotopic (exact) mass is 624 g/mol. The van der Waals surface area contributed by atoms with E-state index in [0.717, 1.165) is 39.9 Å². The number of anilines is 6. The molecule has 7 aromatic carbocycles. The van der Waals surface area contributed by atoms with Gasteiger partial charge in [-0.1, -0.05) is 66.7 Å². The van der Waals surface area contributed by atoms with E-state index in [-0.39, 0.29) is 0 Å². The fourth-order valence-corrected chi connectivity index (χ4v) is 7.38. The molecule has 2 heterocycles. The summed E-state index contributed by atoms with van der Waals surface area (Å²) in [5, 5.41) is 2.45. The largest absolute Gasteiger partial charge is 0.450 e. The lowest BCUT2D eigenvalue weighted by molar-refractivity contribution is 0.360. The molecule has 0 saturated heterocycles. The van der Waals surface area contributed by atoms with Gasteiger partial charge < -0.3 is 19.3 Å². The highest BCUT2D eigenvalue weighted by molar-refractivity contribution is 7.25. The smallest absolute Gasteiger partial charge is 0.172 e. The Morgan fingerprint density at radius 1 is 0.319 bits per heavy atom. The van der Waals surface area contributed by atoms with Gasteiger partial charge in [0.1, 0.15) is 0 Å². The van der Waals surface area contributed by atoms with Crippen LogP contribution in [-0.2, 0) is 0 Å². The number of fused-ring (bicyclic) bond motifs is 5. The van der Waals surface area contributed by atoms with Crippen molar-refractivity contribution in [3.05, 3.63) is 170 Å². The molecule has 1 aromatic heterocycles. The van der Waals surface area contributed by atoms with Crippen LogP contribution in [0.2, 0.25) is 0 Å². The molecule has 9 rings (SSSR count). The number of hydrogen-bond donors (Lipinski definition) is 0. The van der Waals surface area contributed by atoms with Crippen molar-refractivity contribution in [2.45, 2.75) is 0 Å². The summed E-state index contributed by atoms with van der Waals surface area (Å²) in [6.07, 6.45) is 0. The van der Waals surface area contributed by atoms with E-state index in [1.54, 1.807) is 0 Å². The van der Waals surface area contributed by atoms with Gasteiger partial charge in [0, 0.05) is 54.7 Å². The topological polar surface area (TPSA) is 24.9 Å². The fourth-order valence-electron chi connectivity index (χ4n) is 6.31. The van der Waals surface area contributed by atoms with Crippen LogP contribution in [0, 0.1) is 0 Å². The molecule has 0 amide bonds. The average Bonchev–Trinajstić information content (AvgIpc) is 3.50. The van der Waals surface area contributed by atoms with Crippen molar-refractivity contribution in [1.29, 1.82) is 0 Å². The maximum Gasteiger partial charge on any atom is 0.172 e. The first-order valence-corrected chi connectivity index (χ1v) is 16.4. The van der Waals surface area contributed by atoms with E-state index in [0.29, 0.717) is 17.2 Å². The third-order valence-corrected chi connectivity index (χ3v) is 9.62. The van der Waals surface area contributed by atoms with E-state index in [4.69, 9.17) is 9.47 Å². The first kappa shape index (κ1) is 27.3. The SMILES string of the molecule is c1ccc(N(c2ccccc2)c2ccc3sc4ccc(N(c5ccccc5)c5ccc6c(c5)Oc5ccccc5O6)cc4c3c2)cc1. The third-order valence-electron chi connectivity index (χ3n) is 8.47. The lowest BCUT2D eigenvalue weighted by Gasteiger charge is -2.27. The standard InChI is InChI=1S/C42H28N2O2S/c1-4-12-29(13-5-1)43(30-14-6-2-7-15-30)32-21-24-41-35(26-32)36-27-33(22-25-42(36)47-41)44(31-16-8-3-9-17-31)34-20-23-39-40(28-34)46-38-19-11-10-18-37(38)45-39/h1-28H. The van der Waals surface area contributed by atoms with E-state index in [1.165, 1.54) is 20.2 Å². The molecule has 0 fully saturated rings. The van der Waals surface area contributed by atoms with Crippen LogP contribution in [0.15, 0.2) is 170 Å². The summed E-state index contributed by atoms with van der Waals surface area (Å²) in [7, 11) is 0. The Labute approximate surface area is 276 Å². The zero-order valence-corrected chi connectivity index (χ0v) is 26.1. The average molecular weight is 625 g/mol. The predicted octanol–water partition coefficient (Wildman–Crippen LogP) is 12.9. The summed E-state index contributed by atoms with van der Waals surface area (Å²) in [6, 6.07) is 59.0. The van der Waals surface area contributed by atoms with Gasteiger partial charge in [0.25, 0.3) is 0 Å². The second-order valence-electron chi connectivity index (χ2n) is 11.4. The molecule has 8 aromatic rings. The van der Waals surface area contributed by atoms with Gasteiger partial charge in [0.2, 0.25) is 0 Å². The number of para-hydroxylation sites is 5. The van der Waals surface area contributed by atoms with Crippen molar-refractivity contribution in [3.8, 4) is 23.0 Å². The molecule has 4 nitrogen and oxygen atoms in total. The van der Waals surface area contributed by atoms with Crippen molar-refractivity contribution in [2.24, 2.45) is 0 Å². The Hall–Kier alpha value is -6.04. The van der Waals surface area contributed by atoms with E-state index in [1.807, 2.05) is 47.7 Å². The van der Waals surface area contributed by atoms with Crippen LogP contribution in [0.4, 0.5) is 34.1 Å². The van der Waals surface area contributed by atoms with Crippen molar-refractivity contribution in [1.82, 2.24) is 0 Å². The maximum atomic E-state index is 6.31. The van der Waals surface area contributed by atoms with Gasteiger partial charge in [-0.25, -0.2) is 0 Å². The molecule has 0 radical (unpaired) electrons. The number of ether oxygens (including phenoxy) is 2. The molecule has 1 aliphatic heterocycles. The quantitative estimate of drug-likeness (QED) is 0.184. The Bertz CT molecular complexity index is 2330. The molecule has 0 aliphatic carbocycles. The van der Waals surface area contributed by atoms with Gasteiger partial charge in [0.15, 0.2) is 23.0 Å². The highest BCUT2D eigenvalue weighted by Gasteiger charge is 2.22. The summed E-state index contributed by atoms with van der Waals surface area (Å²) in [5.41, 5.74) is 6.46. The van der Waals surface area contributed by atoms with Gasteiger partial charge in [-0.2, -0.15) is 0 Å². The molecule has 47 heavy (non-hydrogen) atoms. The van der Waals surface area contributed by atoms with Crippen molar-refractivity contribution in [3.63, 3.8) is 0 Å². The minimum Gasteiger partial charge on any atom is -0.450 e. The Morgan fingerprint density at radius 2 is 0.702 bits per heavy atom. The van der Waals surface area contributed by atoms with Crippen LogP contribution in [-0.4, -0.2) is 0 Å². The summed E-state index contributed by atoms with van der Waals surface area (Å²) in [4.78, 5) is 4.59. The fraction of sp³-hybridized carbons (Fsp3) is 0. The van der Waals surface area contributed by atoms with Crippen LogP contribution in [0.3, 0.4) is 0 Å². The van der Waals surface area contributed by atoms with Gasteiger partial charge >= 0.3 is 0 Å². The van der Waals surface area contributed by atoms with Crippen LogP contribution >= 0.6 is 11.3 Å². The summed E-state index contributed by atoms with van der Waals surface area (Å²) in [6.45, 7) is 0. The Kier molecular flexibility index (Phi) is 6.61. The molecular weight excluding hydrogens is 597 g/mol. The minimum absolute atomic E-state index is 0.691. The van der Waals surface area contributed by atoms with Gasteiger partial charge in [-0.3, -0.25) is 0 Å². The highest BCUT2D eigenvalue weighted by Crippen LogP contribution is 2.49. The number of thiophene rings is 1. The van der Waals surface area contributed by atoms with Gasteiger partial charge in [0.05, 0.1) is 5.69 Å². The third kappa shape index (κ3) is 4.94. The maximum absolute atomic E-state index is 6.31. The Morgan fingerprint density at radius 3 is 1.21 bits per heavy atom. The van der Waals surface area contributed by atoms with E-state index in [9.17, 15) is 0 Å². The van der Waals surface area contributed by atoms with Crippen LogP contribution in [0.25, 0.3) is 20.2 Å². The molecule has 0 spiro atoms. The second kappa shape index (κ2) is 11.4. The van der Waals surface area contributed by atoms with E-state index < -0.39 is 0 Å². The number of nitrogens with zero attached hydrogens (tertiary/aromatic N) is 2. The molecule has 1 aliphatic rings. The summed E-state index contributed by atoms with van der Waals surface area (Å²) < 4.78 is 15.0. The zero-order chi connectivity index (χ0) is 31.2. The molecule has 0 unspecified atom stereocenters. The van der Waals surface area contributed by atoms with Gasteiger partial charge in [-0.15, -0.1) is 11.3 Å². The number of rotatable bonds is 6. The van der Waals surface area contributed by atoms with E-state index in [2.05, 4.69) is 143 Å². The van der Waals surface area contributed by atoms with Crippen LogP contribution < -0.4 is 19.3 Å². The number of hydrogen-bond acceptors (Lipinski definition) is 5. The lowest BCUT2D eigenvalue weighted by atomic mass is 10.1. The molecule has 5 heteroatoms. The minimum atomic E-state index is 0.691. The van der Waals surface area contributed by atoms with Gasteiger partial charge in [-0.05, 0) is 97.1 Å². The first-order valence-electron chi connectivity index (χ1n) is 15.6. The van der Waals surface area contributed by atoms with E-state index >= 15 is 0 Å². The van der Waals surface area contributed by atoms with Crippen molar-refractivity contribution < 1.29 is 9.47 Å². The first-order chi connectivity index (χ1) is 23.3.